The van der Waals surface area contributed by atoms with Gasteiger partial charge in [0.2, 0.25) is 5.82 Å². The highest BCUT2D eigenvalue weighted by atomic mass is 16.6. The Bertz CT molecular complexity index is 704. The van der Waals surface area contributed by atoms with Crippen molar-refractivity contribution in [3.63, 3.8) is 0 Å². The van der Waals surface area contributed by atoms with E-state index in [1.54, 1.807) is 6.07 Å². The molecule has 176 valence electrons. The van der Waals surface area contributed by atoms with E-state index in [1.807, 2.05) is 20.8 Å². The van der Waals surface area contributed by atoms with E-state index in [0.717, 1.165) is 25.9 Å². The number of hydrogen-bond donors (Lipinski definition) is 2. The Morgan fingerprint density at radius 1 is 1.16 bits per heavy atom. The van der Waals surface area contributed by atoms with Crippen molar-refractivity contribution in [3.8, 4) is 0 Å². The van der Waals surface area contributed by atoms with Gasteiger partial charge in [0, 0.05) is 24.7 Å². The van der Waals surface area contributed by atoms with Crippen LogP contribution in [0.5, 0.6) is 0 Å². The molecule has 1 aromatic heterocycles. The van der Waals surface area contributed by atoms with Crippen molar-refractivity contribution in [2.45, 2.75) is 66.8 Å². The lowest BCUT2D eigenvalue weighted by atomic mass is 10.1. The number of nitro groups is 1. The standard InChI is InChI=1S/C22H39N5O4/c1-16(2)10-13-26(14-11-17(3)4)19-9-8-18(27(29)30)20(24-19)23-12-15-31-21(28)25-22(5,6)7/h8-9,16-17H,10-15H2,1-7H3,(H,23,24)(H,25,28). The van der Waals surface area contributed by atoms with Gasteiger partial charge >= 0.3 is 11.8 Å². The molecule has 0 saturated carbocycles. The molecule has 1 heterocycles. The quantitative estimate of drug-likeness (QED) is 0.274. The summed E-state index contributed by atoms with van der Waals surface area (Å²) in [5.74, 6) is 1.99. The zero-order valence-corrected chi connectivity index (χ0v) is 20.0. The first-order valence-electron chi connectivity index (χ1n) is 11.0. The fourth-order valence-electron chi connectivity index (χ4n) is 2.72. The largest absolute Gasteiger partial charge is 0.448 e. The van der Waals surface area contributed by atoms with Gasteiger partial charge in [0.25, 0.3) is 0 Å². The Morgan fingerprint density at radius 2 is 1.74 bits per heavy atom. The van der Waals surface area contributed by atoms with Crippen molar-refractivity contribution >= 4 is 23.4 Å². The number of amides is 1. The number of pyridine rings is 1. The van der Waals surface area contributed by atoms with Crippen molar-refractivity contribution in [3.05, 3.63) is 22.2 Å². The summed E-state index contributed by atoms with van der Waals surface area (Å²) in [6.07, 6.45) is 1.49. The molecule has 0 saturated heterocycles. The van der Waals surface area contributed by atoms with Crippen LogP contribution in [0, 0.1) is 22.0 Å². The topological polar surface area (TPSA) is 110 Å². The van der Waals surface area contributed by atoms with Crippen LogP contribution >= 0.6 is 0 Å². The Balaban J connectivity index is 2.88. The molecule has 0 bridgehead atoms. The van der Waals surface area contributed by atoms with Crippen LogP contribution in [0.2, 0.25) is 0 Å². The fraction of sp³-hybridized carbons (Fsp3) is 0.727. The zero-order valence-electron chi connectivity index (χ0n) is 20.0. The summed E-state index contributed by atoms with van der Waals surface area (Å²) >= 11 is 0. The molecule has 0 aliphatic rings. The lowest BCUT2D eigenvalue weighted by molar-refractivity contribution is -0.384. The minimum atomic E-state index is -0.529. The number of aromatic nitrogens is 1. The maximum Gasteiger partial charge on any atom is 0.407 e. The highest BCUT2D eigenvalue weighted by Gasteiger charge is 2.19. The molecule has 0 unspecified atom stereocenters. The third-order valence-electron chi connectivity index (χ3n) is 4.44. The zero-order chi connectivity index (χ0) is 23.6. The first-order chi connectivity index (χ1) is 14.4. The van der Waals surface area contributed by atoms with Gasteiger partial charge in [-0.05, 0) is 51.5 Å². The predicted molar refractivity (Wildman–Crippen MR) is 125 cm³/mol. The molecule has 2 N–H and O–H groups in total. The molecule has 1 amide bonds. The minimum absolute atomic E-state index is 0.0649. The van der Waals surface area contributed by atoms with Gasteiger partial charge in [-0.15, -0.1) is 0 Å². The van der Waals surface area contributed by atoms with Crippen LogP contribution in [0.3, 0.4) is 0 Å². The fourth-order valence-corrected chi connectivity index (χ4v) is 2.72. The second-order valence-corrected chi connectivity index (χ2v) is 9.58. The first kappa shape index (κ1) is 26.5. The summed E-state index contributed by atoms with van der Waals surface area (Å²) in [6, 6.07) is 3.19. The van der Waals surface area contributed by atoms with Gasteiger partial charge in [-0.2, -0.15) is 0 Å². The molecule has 0 atom stereocenters. The van der Waals surface area contributed by atoms with E-state index in [4.69, 9.17) is 4.74 Å². The molecule has 9 heteroatoms. The normalized spacial score (nSPS) is 11.5. The molecule has 31 heavy (non-hydrogen) atoms. The second-order valence-electron chi connectivity index (χ2n) is 9.58. The third-order valence-corrected chi connectivity index (χ3v) is 4.44. The number of carbonyl (C=O) groups is 1. The summed E-state index contributed by atoms with van der Waals surface area (Å²) in [5.41, 5.74) is -0.496. The molecular formula is C22H39N5O4. The summed E-state index contributed by atoms with van der Waals surface area (Å²) in [7, 11) is 0. The van der Waals surface area contributed by atoms with Gasteiger partial charge in [-0.1, -0.05) is 27.7 Å². The van der Waals surface area contributed by atoms with E-state index < -0.39 is 16.6 Å². The summed E-state index contributed by atoms with van der Waals surface area (Å²) in [4.78, 5) is 29.5. The molecule has 0 fully saturated rings. The number of carbonyl (C=O) groups excluding carboxylic acids is 1. The monoisotopic (exact) mass is 437 g/mol. The van der Waals surface area contributed by atoms with E-state index in [1.165, 1.54) is 6.07 Å². The van der Waals surface area contributed by atoms with E-state index in [9.17, 15) is 14.9 Å². The summed E-state index contributed by atoms with van der Waals surface area (Å²) in [5, 5.41) is 17.1. The smallest absolute Gasteiger partial charge is 0.407 e. The SMILES string of the molecule is CC(C)CCN(CCC(C)C)c1ccc([N+](=O)[O-])c(NCCOC(=O)NC(C)(C)C)n1. The highest BCUT2D eigenvalue weighted by molar-refractivity contribution is 5.68. The van der Waals surface area contributed by atoms with Crippen LogP contribution in [0.15, 0.2) is 12.1 Å². The molecule has 0 aromatic carbocycles. The number of ether oxygens (including phenoxy) is 1. The Hall–Kier alpha value is -2.58. The van der Waals surface area contributed by atoms with Crippen molar-refractivity contribution in [1.29, 1.82) is 0 Å². The maximum absolute atomic E-state index is 11.8. The van der Waals surface area contributed by atoms with Crippen LogP contribution in [-0.2, 0) is 4.74 Å². The van der Waals surface area contributed by atoms with Crippen molar-refractivity contribution < 1.29 is 14.5 Å². The van der Waals surface area contributed by atoms with Crippen LogP contribution in [-0.4, -0.2) is 47.8 Å². The second kappa shape index (κ2) is 12.3. The number of alkyl carbamates (subject to hydrolysis) is 1. The average Bonchev–Trinajstić information content (AvgIpc) is 2.63. The molecule has 0 aliphatic carbocycles. The highest BCUT2D eigenvalue weighted by Crippen LogP contribution is 2.26. The number of nitrogens with one attached hydrogen (secondary N) is 2. The van der Waals surface area contributed by atoms with Crippen LogP contribution in [0.1, 0.15) is 61.3 Å². The summed E-state index contributed by atoms with van der Waals surface area (Å²) in [6.45, 7) is 16.2. The van der Waals surface area contributed by atoms with Crippen LogP contribution in [0.4, 0.5) is 22.1 Å². The van der Waals surface area contributed by atoms with Crippen molar-refractivity contribution in [2.75, 3.05) is 36.5 Å². The van der Waals surface area contributed by atoms with Gasteiger partial charge in [-0.3, -0.25) is 10.1 Å². The molecule has 0 aliphatic heterocycles. The van der Waals surface area contributed by atoms with Gasteiger partial charge < -0.3 is 20.3 Å². The lowest BCUT2D eigenvalue weighted by Gasteiger charge is -2.26. The molecule has 9 nitrogen and oxygen atoms in total. The lowest BCUT2D eigenvalue weighted by Crippen LogP contribution is -2.41. The van der Waals surface area contributed by atoms with E-state index >= 15 is 0 Å². The van der Waals surface area contributed by atoms with Gasteiger partial charge in [-0.25, -0.2) is 9.78 Å². The minimum Gasteiger partial charge on any atom is -0.448 e. The van der Waals surface area contributed by atoms with E-state index in [2.05, 4.69) is 48.2 Å². The third kappa shape index (κ3) is 10.8. The molecular weight excluding hydrogens is 398 g/mol. The maximum atomic E-state index is 11.8. The first-order valence-corrected chi connectivity index (χ1v) is 11.0. The van der Waals surface area contributed by atoms with Crippen LogP contribution in [0.25, 0.3) is 0 Å². The number of hydrogen-bond acceptors (Lipinski definition) is 7. The Morgan fingerprint density at radius 3 is 2.23 bits per heavy atom. The number of nitrogens with zero attached hydrogens (tertiary/aromatic N) is 3. The molecule has 0 radical (unpaired) electrons. The Labute approximate surface area is 186 Å². The average molecular weight is 438 g/mol. The van der Waals surface area contributed by atoms with Crippen molar-refractivity contribution in [1.82, 2.24) is 10.3 Å². The summed E-state index contributed by atoms with van der Waals surface area (Å²) < 4.78 is 5.13. The van der Waals surface area contributed by atoms with E-state index in [-0.39, 0.29) is 24.7 Å². The van der Waals surface area contributed by atoms with Crippen molar-refractivity contribution in [2.24, 2.45) is 11.8 Å². The predicted octanol–water partition coefficient (Wildman–Crippen LogP) is 4.83. The molecule has 1 rings (SSSR count). The Kier molecular flexibility index (Phi) is 10.5. The molecule has 1 aromatic rings. The van der Waals surface area contributed by atoms with Gasteiger partial charge in [0.05, 0.1) is 11.5 Å². The van der Waals surface area contributed by atoms with E-state index in [0.29, 0.717) is 17.7 Å². The number of rotatable bonds is 12. The van der Waals surface area contributed by atoms with Gasteiger partial charge in [0.15, 0.2) is 0 Å². The number of anilines is 2. The van der Waals surface area contributed by atoms with Gasteiger partial charge in [0.1, 0.15) is 12.4 Å². The van der Waals surface area contributed by atoms with Crippen LogP contribution < -0.4 is 15.5 Å². The molecule has 0 spiro atoms.